The fourth-order valence-corrected chi connectivity index (χ4v) is 8.59. The quantitative estimate of drug-likeness (QED) is 0.0264. The zero-order chi connectivity index (χ0) is 53.1. The third-order valence-corrected chi connectivity index (χ3v) is 13.1. The predicted molar refractivity (Wildman–Crippen MR) is 311 cm³/mol. The van der Waals surface area contributed by atoms with Gasteiger partial charge in [-0.15, -0.1) is 0 Å². The normalized spacial score (nSPS) is 13.9. The van der Waals surface area contributed by atoms with E-state index in [9.17, 15) is 19.0 Å². The Labute approximate surface area is 448 Å². The minimum absolute atomic E-state index is 0.0490. The van der Waals surface area contributed by atoms with E-state index in [1.165, 1.54) is 103 Å². The van der Waals surface area contributed by atoms with Gasteiger partial charge in [-0.05, 0) is 103 Å². The SMILES string of the molecule is CC/C=C\C/C=C\C/C=C\C/C=C\C/C=C\C/C=C\C/C=C\C/C=C\CCCCCCCCCCCCCCCCC(=O)OC(COC(=O)CCCCCCC/C=C\CCCCCC)COP(=O)(O)OCCN. The summed E-state index contributed by atoms with van der Waals surface area (Å²) in [5.74, 6) is -0.840. The molecule has 0 spiro atoms. The van der Waals surface area contributed by atoms with E-state index < -0.39 is 32.5 Å². The molecule has 0 aromatic heterocycles. The maximum atomic E-state index is 12.7. The van der Waals surface area contributed by atoms with E-state index in [2.05, 4.69) is 123 Å². The molecule has 3 N–H and O–H groups in total. The van der Waals surface area contributed by atoms with Crippen LogP contribution in [0.15, 0.2) is 109 Å². The number of nitrogens with two attached hydrogens (primary N) is 1. The Kier molecular flexibility index (Phi) is 55.3. The molecule has 418 valence electrons. The lowest BCUT2D eigenvalue weighted by atomic mass is 10.0. The summed E-state index contributed by atoms with van der Waals surface area (Å²) in [5, 5.41) is 0. The van der Waals surface area contributed by atoms with Crippen LogP contribution in [0.2, 0.25) is 0 Å². The standard InChI is InChI=1S/C63H108NO8P/c1-3-5-7-9-11-13-15-17-18-19-20-21-22-23-24-25-26-27-28-29-30-31-32-33-34-35-36-37-38-39-40-41-42-44-46-48-50-52-54-56-63(66)72-61(60-71-73(67,68)70-58-57-64)59-69-62(65)55-53-51-49-47-45-43-16-14-12-10-8-6-4-2/h5,7,11,13-14,16-18,20-21,23-24,26-27,29-30,32-33,61H,3-4,6,8-10,12,15,19,22,25,28,31,34-60,64H2,1-2H3,(H,67,68)/b7-5-,13-11-,16-14-,18-17-,21-20-,24-23-,27-26-,30-29-,33-32-. The van der Waals surface area contributed by atoms with Gasteiger partial charge in [-0.3, -0.25) is 18.6 Å². The number of unbranched alkanes of at least 4 members (excludes halogenated alkanes) is 23. The maximum absolute atomic E-state index is 12.7. The van der Waals surface area contributed by atoms with Crippen LogP contribution in [-0.2, 0) is 32.7 Å². The summed E-state index contributed by atoms with van der Waals surface area (Å²) in [6.07, 6.45) is 78.7. The molecule has 0 saturated carbocycles. The summed E-state index contributed by atoms with van der Waals surface area (Å²) in [5.41, 5.74) is 5.37. The van der Waals surface area contributed by atoms with E-state index >= 15 is 0 Å². The van der Waals surface area contributed by atoms with Crippen molar-refractivity contribution in [2.45, 2.75) is 251 Å². The Bertz CT molecular complexity index is 1560. The van der Waals surface area contributed by atoms with Gasteiger partial charge in [0.1, 0.15) is 6.61 Å². The molecule has 0 radical (unpaired) electrons. The summed E-state index contributed by atoms with van der Waals surface area (Å²) in [6, 6.07) is 0. The summed E-state index contributed by atoms with van der Waals surface area (Å²) >= 11 is 0. The molecule has 2 atom stereocenters. The molecule has 0 bridgehead atoms. The Morgan fingerprint density at radius 2 is 0.753 bits per heavy atom. The van der Waals surface area contributed by atoms with Gasteiger partial charge in [-0.25, -0.2) is 4.57 Å². The van der Waals surface area contributed by atoms with Gasteiger partial charge in [0.15, 0.2) is 6.10 Å². The minimum atomic E-state index is -4.39. The van der Waals surface area contributed by atoms with Crippen molar-refractivity contribution in [2.24, 2.45) is 5.73 Å². The molecular formula is C63H108NO8P. The number of hydrogen-bond acceptors (Lipinski definition) is 8. The van der Waals surface area contributed by atoms with Gasteiger partial charge in [0, 0.05) is 19.4 Å². The molecule has 0 heterocycles. The molecule has 0 amide bonds. The lowest BCUT2D eigenvalue weighted by Gasteiger charge is -2.19. The van der Waals surface area contributed by atoms with Crippen LogP contribution < -0.4 is 5.73 Å². The van der Waals surface area contributed by atoms with Crippen LogP contribution in [0.5, 0.6) is 0 Å². The van der Waals surface area contributed by atoms with Crippen LogP contribution in [0, 0.1) is 0 Å². The number of hydrogen-bond donors (Lipinski definition) is 2. The molecule has 10 heteroatoms. The molecule has 0 saturated heterocycles. The highest BCUT2D eigenvalue weighted by Crippen LogP contribution is 2.43. The van der Waals surface area contributed by atoms with E-state index in [1.54, 1.807) is 0 Å². The number of carbonyl (C=O) groups excluding carboxylic acids is 2. The molecule has 0 aromatic rings. The van der Waals surface area contributed by atoms with Gasteiger partial charge in [0.25, 0.3) is 0 Å². The first-order chi connectivity index (χ1) is 35.8. The highest BCUT2D eigenvalue weighted by atomic mass is 31.2. The summed E-state index contributed by atoms with van der Waals surface area (Å²) in [4.78, 5) is 35.1. The van der Waals surface area contributed by atoms with E-state index in [4.69, 9.17) is 24.3 Å². The fourth-order valence-electron chi connectivity index (χ4n) is 7.82. The van der Waals surface area contributed by atoms with Gasteiger partial charge in [-0.2, -0.15) is 0 Å². The van der Waals surface area contributed by atoms with E-state index in [0.29, 0.717) is 6.42 Å². The van der Waals surface area contributed by atoms with Gasteiger partial charge < -0.3 is 20.1 Å². The second-order valence-electron chi connectivity index (χ2n) is 19.1. The first kappa shape index (κ1) is 69.7. The number of phosphoric ester groups is 1. The average Bonchev–Trinajstić information content (AvgIpc) is 3.38. The summed E-state index contributed by atoms with van der Waals surface area (Å²) in [7, 11) is -4.39. The van der Waals surface area contributed by atoms with Crippen LogP contribution in [-0.4, -0.2) is 49.3 Å². The van der Waals surface area contributed by atoms with E-state index in [-0.39, 0.29) is 32.6 Å². The molecule has 73 heavy (non-hydrogen) atoms. The molecule has 0 rings (SSSR count). The van der Waals surface area contributed by atoms with Crippen LogP contribution in [0.1, 0.15) is 245 Å². The van der Waals surface area contributed by atoms with Crippen LogP contribution in [0.25, 0.3) is 0 Å². The van der Waals surface area contributed by atoms with E-state index in [0.717, 1.165) is 109 Å². The number of carbonyl (C=O) groups is 2. The lowest BCUT2D eigenvalue weighted by Crippen LogP contribution is -2.29. The van der Waals surface area contributed by atoms with E-state index in [1.807, 2.05) is 0 Å². The van der Waals surface area contributed by atoms with Crippen molar-refractivity contribution < 1.29 is 37.6 Å². The lowest BCUT2D eigenvalue weighted by molar-refractivity contribution is -0.161. The maximum Gasteiger partial charge on any atom is 0.472 e. The topological polar surface area (TPSA) is 134 Å². The molecule has 0 fully saturated rings. The third-order valence-electron chi connectivity index (χ3n) is 12.1. The second kappa shape index (κ2) is 57.9. The Morgan fingerprint density at radius 1 is 0.425 bits per heavy atom. The molecule has 0 aliphatic rings. The van der Waals surface area contributed by atoms with Crippen molar-refractivity contribution in [3.8, 4) is 0 Å². The molecular weight excluding hydrogens is 930 g/mol. The Balaban J connectivity index is 3.89. The number of ether oxygens (including phenoxy) is 2. The molecule has 0 aromatic carbocycles. The zero-order valence-corrected chi connectivity index (χ0v) is 47.5. The summed E-state index contributed by atoms with van der Waals surface area (Å²) < 4.78 is 32.9. The van der Waals surface area contributed by atoms with Gasteiger partial charge in [0.2, 0.25) is 0 Å². The second-order valence-corrected chi connectivity index (χ2v) is 20.6. The van der Waals surface area contributed by atoms with Gasteiger partial charge >= 0.3 is 19.8 Å². The first-order valence-electron chi connectivity index (χ1n) is 29.4. The fraction of sp³-hybridized carbons (Fsp3) is 0.683. The number of allylic oxidation sites excluding steroid dienone is 18. The summed E-state index contributed by atoms with van der Waals surface area (Å²) in [6.45, 7) is 3.60. The van der Waals surface area contributed by atoms with Gasteiger partial charge in [0.05, 0.1) is 13.2 Å². The van der Waals surface area contributed by atoms with Crippen molar-refractivity contribution in [1.82, 2.24) is 0 Å². The predicted octanol–water partition coefficient (Wildman–Crippen LogP) is 18.6. The smallest absolute Gasteiger partial charge is 0.462 e. The molecule has 0 aliphatic heterocycles. The molecule has 9 nitrogen and oxygen atoms in total. The van der Waals surface area contributed by atoms with Crippen LogP contribution in [0.4, 0.5) is 0 Å². The van der Waals surface area contributed by atoms with Crippen LogP contribution in [0.3, 0.4) is 0 Å². The molecule has 2 unspecified atom stereocenters. The monoisotopic (exact) mass is 1040 g/mol. The highest BCUT2D eigenvalue weighted by molar-refractivity contribution is 7.47. The first-order valence-corrected chi connectivity index (χ1v) is 30.9. The zero-order valence-electron chi connectivity index (χ0n) is 46.6. The van der Waals surface area contributed by atoms with Crippen LogP contribution >= 0.6 is 7.82 Å². The third kappa shape index (κ3) is 57.8. The number of esters is 2. The minimum Gasteiger partial charge on any atom is -0.462 e. The largest absolute Gasteiger partial charge is 0.472 e. The van der Waals surface area contributed by atoms with Gasteiger partial charge in [-0.1, -0.05) is 239 Å². The number of phosphoric acid groups is 1. The van der Waals surface area contributed by atoms with Crippen molar-refractivity contribution in [1.29, 1.82) is 0 Å². The van der Waals surface area contributed by atoms with Crippen molar-refractivity contribution in [3.05, 3.63) is 109 Å². The number of rotatable bonds is 54. The van der Waals surface area contributed by atoms with Crippen molar-refractivity contribution in [2.75, 3.05) is 26.4 Å². The van der Waals surface area contributed by atoms with Crippen molar-refractivity contribution >= 4 is 19.8 Å². The van der Waals surface area contributed by atoms with Crippen molar-refractivity contribution in [3.63, 3.8) is 0 Å². The highest BCUT2D eigenvalue weighted by Gasteiger charge is 2.26. The Morgan fingerprint density at radius 3 is 1.14 bits per heavy atom. The molecule has 0 aliphatic carbocycles. The average molecular weight is 1040 g/mol. The Hall–Kier alpha value is -3.33.